The molecule has 5 nitrogen and oxygen atoms in total. The van der Waals surface area contributed by atoms with Crippen molar-refractivity contribution >= 4 is 28.5 Å². The highest BCUT2D eigenvalue weighted by atomic mass is 35.5. The molecule has 0 spiro atoms. The minimum absolute atomic E-state index is 0.246. The third-order valence-electron chi connectivity index (χ3n) is 3.32. The molecule has 0 atom stereocenters. The number of rotatable bonds is 3. The molecule has 90 valence electrons. The van der Waals surface area contributed by atoms with Gasteiger partial charge in [-0.25, -0.2) is 0 Å². The fourth-order valence-corrected chi connectivity index (χ4v) is 2.57. The fraction of sp³-hybridized carbons (Fsp3) is 0.545. The summed E-state index contributed by atoms with van der Waals surface area (Å²) in [6.07, 6.45) is 7.03. The van der Waals surface area contributed by atoms with Gasteiger partial charge in [-0.15, -0.1) is 0 Å². The highest BCUT2D eigenvalue weighted by Gasteiger charge is 2.16. The van der Waals surface area contributed by atoms with Gasteiger partial charge in [0.15, 0.2) is 5.65 Å². The van der Waals surface area contributed by atoms with Crippen LogP contribution in [-0.2, 0) is 0 Å². The largest absolute Gasteiger partial charge is 0.369 e. The van der Waals surface area contributed by atoms with Crippen molar-refractivity contribution < 1.29 is 0 Å². The van der Waals surface area contributed by atoms with E-state index in [0.717, 1.165) is 23.7 Å². The molecule has 2 heterocycles. The van der Waals surface area contributed by atoms with Gasteiger partial charge in [-0.2, -0.15) is 15.1 Å². The van der Waals surface area contributed by atoms with Crippen molar-refractivity contribution in [1.82, 2.24) is 20.2 Å². The molecule has 0 unspecified atom stereocenters. The molecule has 0 amide bonds. The normalized spacial score (nSPS) is 16.8. The summed E-state index contributed by atoms with van der Waals surface area (Å²) in [4.78, 5) is 8.29. The van der Waals surface area contributed by atoms with Crippen LogP contribution in [0.25, 0.3) is 11.0 Å². The summed E-state index contributed by atoms with van der Waals surface area (Å²) in [6, 6.07) is 0. The first-order chi connectivity index (χ1) is 8.33. The van der Waals surface area contributed by atoms with Crippen LogP contribution in [0, 0.1) is 5.92 Å². The second-order valence-electron chi connectivity index (χ2n) is 4.50. The van der Waals surface area contributed by atoms with Crippen LogP contribution in [0.3, 0.4) is 0 Å². The Hall–Kier alpha value is -1.36. The zero-order valence-corrected chi connectivity index (χ0v) is 10.2. The van der Waals surface area contributed by atoms with E-state index in [1.165, 1.54) is 25.7 Å². The smallest absolute Gasteiger partial charge is 0.226 e. The Labute approximate surface area is 104 Å². The Morgan fingerprint density at radius 1 is 1.35 bits per heavy atom. The summed E-state index contributed by atoms with van der Waals surface area (Å²) in [7, 11) is 0. The lowest BCUT2D eigenvalue weighted by Crippen LogP contribution is -2.12. The van der Waals surface area contributed by atoms with E-state index in [-0.39, 0.29) is 5.28 Å². The maximum atomic E-state index is 5.87. The SMILES string of the molecule is Clc1nc(NCC2CCCC2)c2cn[nH]c2n1. The number of nitrogens with zero attached hydrogens (tertiary/aromatic N) is 3. The Morgan fingerprint density at radius 2 is 2.18 bits per heavy atom. The van der Waals surface area contributed by atoms with Crippen molar-refractivity contribution in [1.29, 1.82) is 0 Å². The number of aromatic amines is 1. The van der Waals surface area contributed by atoms with E-state index >= 15 is 0 Å². The predicted molar refractivity (Wildman–Crippen MR) is 67.1 cm³/mol. The monoisotopic (exact) mass is 251 g/mol. The van der Waals surface area contributed by atoms with E-state index in [2.05, 4.69) is 25.5 Å². The molecule has 0 radical (unpaired) electrons. The summed E-state index contributed by atoms with van der Waals surface area (Å²) in [6.45, 7) is 0.952. The molecule has 0 bridgehead atoms. The average molecular weight is 252 g/mol. The van der Waals surface area contributed by atoms with Crippen molar-refractivity contribution in [2.45, 2.75) is 25.7 Å². The van der Waals surface area contributed by atoms with Gasteiger partial charge in [0.05, 0.1) is 11.6 Å². The Kier molecular flexibility index (Phi) is 2.84. The number of H-pyrrole nitrogens is 1. The summed E-state index contributed by atoms with van der Waals surface area (Å²) < 4.78 is 0. The van der Waals surface area contributed by atoms with Gasteiger partial charge >= 0.3 is 0 Å². The lowest BCUT2D eigenvalue weighted by atomic mass is 10.1. The maximum absolute atomic E-state index is 5.87. The van der Waals surface area contributed by atoms with E-state index in [4.69, 9.17) is 11.6 Å². The van der Waals surface area contributed by atoms with Crippen LogP contribution in [0.5, 0.6) is 0 Å². The zero-order chi connectivity index (χ0) is 11.7. The third kappa shape index (κ3) is 2.20. The molecule has 2 N–H and O–H groups in total. The van der Waals surface area contributed by atoms with E-state index < -0.39 is 0 Å². The lowest BCUT2D eigenvalue weighted by Gasteiger charge is -2.11. The van der Waals surface area contributed by atoms with Crippen molar-refractivity contribution in [2.75, 3.05) is 11.9 Å². The number of nitrogens with one attached hydrogen (secondary N) is 2. The Balaban J connectivity index is 1.81. The molecule has 2 aromatic rings. The predicted octanol–water partition coefficient (Wildman–Crippen LogP) is 2.61. The number of anilines is 1. The molecule has 1 aliphatic carbocycles. The molecule has 1 saturated carbocycles. The minimum atomic E-state index is 0.246. The van der Waals surface area contributed by atoms with E-state index in [9.17, 15) is 0 Å². The van der Waals surface area contributed by atoms with E-state index in [1.54, 1.807) is 6.20 Å². The Bertz CT molecular complexity index is 518. The van der Waals surface area contributed by atoms with Crippen LogP contribution in [0.4, 0.5) is 5.82 Å². The summed E-state index contributed by atoms with van der Waals surface area (Å²) in [5.41, 5.74) is 0.680. The second kappa shape index (κ2) is 4.49. The highest BCUT2D eigenvalue weighted by Crippen LogP contribution is 2.26. The van der Waals surface area contributed by atoms with Crippen LogP contribution in [0.15, 0.2) is 6.20 Å². The van der Waals surface area contributed by atoms with Crippen molar-refractivity contribution in [3.63, 3.8) is 0 Å². The lowest BCUT2D eigenvalue weighted by molar-refractivity contribution is 0.579. The molecular weight excluding hydrogens is 238 g/mol. The summed E-state index contributed by atoms with van der Waals surface area (Å²) in [5.74, 6) is 1.53. The topological polar surface area (TPSA) is 66.5 Å². The first-order valence-corrected chi connectivity index (χ1v) is 6.31. The second-order valence-corrected chi connectivity index (χ2v) is 4.84. The van der Waals surface area contributed by atoms with Gasteiger partial charge in [0.25, 0.3) is 0 Å². The maximum Gasteiger partial charge on any atom is 0.226 e. The number of hydrogen-bond donors (Lipinski definition) is 2. The van der Waals surface area contributed by atoms with Gasteiger partial charge in [-0.1, -0.05) is 12.8 Å². The van der Waals surface area contributed by atoms with E-state index in [0.29, 0.717) is 5.65 Å². The van der Waals surface area contributed by atoms with Gasteiger partial charge in [-0.05, 0) is 30.4 Å². The quantitative estimate of drug-likeness (QED) is 0.823. The van der Waals surface area contributed by atoms with E-state index in [1.807, 2.05) is 0 Å². The van der Waals surface area contributed by atoms with Crippen molar-refractivity contribution in [2.24, 2.45) is 5.92 Å². The highest BCUT2D eigenvalue weighted by molar-refractivity contribution is 6.28. The van der Waals surface area contributed by atoms with Crippen molar-refractivity contribution in [3.05, 3.63) is 11.5 Å². The van der Waals surface area contributed by atoms with Crippen LogP contribution in [-0.4, -0.2) is 26.7 Å². The van der Waals surface area contributed by atoms with Crippen LogP contribution in [0.1, 0.15) is 25.7 Å². The number of halogens is 1. The van der Waals surface area contributed by atoms with Crippen LogP contribution < -0.4 is 5.32 Å². The number of hydrogen-bond acceptors (Lipinski definition) is 4. The number of fused-ring (bicyclic) bond motifs is 1. The summed E-state index contributed by atoms with van der Waals surface area (Å²) >= 11 is 5.87. The van der Waals surface area contributed by atoms with Gasteiger partial charge in [0.1, 0.15) is 5.82 Å². The molecule has 17 heavy (non-hydrogen) atoms. The molecule has 3 rings (SSSR count). The average Bonchev–Trinajstić information content (AvgIpc) is 2.95. The fourth-order valence-electron chi connectivity index (χ4n) is 2.40. The first kappa shape index (κ1) is 10.8. The summed E-state index contributed by atoms with van der Waals surface area (Å²) in [5, 5.41) is 11.3. The van der Waals surface area contributed by atoms with Gasteiger partial charge in [0.2, 0.25) is 5.28 Å². The molecule has 0 aromatic carbocycles. The molecule has 0 saturated heterocycles. The first-order valence-electron chi connectivity index (χ1n) is 5.93. The number of aromatic nitrogens is 4. The van der Waals surface area contributed by atoms with Gasteiger partial charge in [-0.3, -0.25) is 5.10 Å². The van der Waals surface area contributed by atoms with Crippen LogP contribution in [0.2, 0.25) is 5.28 Å². The zero-order valence-electron chi connectivity index (χ0n) is 9.41. The molecule has 2 aromatic heterocycles. The molecule has 1 fully saturated rings. The standard InChI is InChI=1S/C11H14ClN5/c12-11-15-9(8-6-14-17-10(8)16-11)13-5-7-3-1-2-4-7/h6-7H,1-5H2,(H2,13,14,15,16,17). The molecule has 0 aliphatic heterocycles. The minimum Gasteiger partial charge on any atom is -0.369 e. The Morgan fingerprint density at radius 3 is 3.00 bits per heavy atom. The third-order valence-corrected chi connectivity index (χ3v) is 3.48. The van der Waals surface area contributed by atoms with Gasteiger partial charge in [0, 0.05) is 6.54 Å². The van der Waals surface area contributed by atoms with Gasteiger partial charge < -0.3 is 5.32 Å². The molecule has 6 heteroatoms. The van der Waals surface area contributed by atoms with Crippen LogP contribution >= 0.6 is 11.6 Å². The van der Waals surface area contributed by atoms with Crippen molar-refractivity contribution in [3.8, 4) is 0 Å². The molecule has 1 aliphatic rings. The molecular formula is C11H14ClN5.